The maximum Gasteiger partial charge on any atom is 0.245 e. The summed E-state index contributed by atoms with van der Waals surface area (Å²) in [5.41, 5.74) is 0.679. The molecule has 0 aliphatic heterocycles. The molecule has 1 fully saturated rings. The van der Waals surface area contributed by atoms with Gasteiger partial charge in [0.2, 0.25) is 11.8 Å². The van der Waals surface area contributed by atoms with E-state index in [9.17, 15) is 9.59 Å². The first kappa shape index (κ1) is 19.7. The summed E-state index contributed by atoms with van der Waals surface area (Å²) in [7, 11) is 0. The van der Waals surface area contributed by atoms with E-state index in [0.717, 1.165) is 25.7 Å². The van der Waals surface area contributed by atoms with E-state index in [2.05, 4.69) is 16.9 Å². The van der Waals surface area contributed by atoms with Crippen molar-refractivity contribution in [1.29, 1.82) is 0 Å². The first-order valence-electron chi connectivity index (χ1n) is 9.29. The Balaban J connectivity index is 2.07. The molecule has 1 aliphatic rings. The number of nitrogens with zero attached hydrogens (tertiary/aromatic N) is 2. The van der Waals surface area contributed by atoms with Crippen molar-refractivity contribution in [1.82, 2.24) is 0 Å². The fourth-order valence-electron chi connectivity index (χ4n) is 2.58. The van der Waals surface area contributed by atoms with E-state index >= 15 is 0 Å². The van der Waals surface area contributed by atoms with Gasteiger partial charge in [-0.25, -0.2) is 9.98 Å². The Hall–Kier alpha value is -1.32. The van der Waals surface area contributed by atoms with E-state index in [4.69, 9.17) is 0 Å². The van der Waals surface area contributed by atoms with Crippen LogP contribution < -0.4 is 0 Å². The minimum absolute atomic E-state index is 0.0927. The zero-order valence-corrected chi connectivity index (χ0v) is 14.9. The van der Waals surface area contributed by atoms with E-state index in [1.165, 1.54) is 58.1 Å². The summed E-state index contributed by atoms with van der Waals surface area (Å²) in [6.07, 6.45) is 15.3. The molecule has 0 unspecified atom stereocenters. The second kappa shape index (κ2) is 12.1. The molecule has 0 aromatic heterocycles. The molecule has 0 heterocycles. The molecule has 0 atom stereocenters. The normalized spacial score (nSPS) is 15.3. The second-order valence-electron chi connectivity index (χ2n) is 6.56. The highest BCUT2D eigenvalue weighted by molar-refractivity contribution is 6.35. The monoisotopic (exact) mass is 320 g/mol. The van der Waals surface area contributed by atoms with Crippen LogP contribution in [0.15, 0.2) is 9.98 Å². The van der Waals surface area contributed by atoms with Gasteiger partial charge in [0, 0.05) is 19.3 Å². The van der Waals surface area contributed by atoms with Crippen molar-refractivity contribution in [3.05, 3.63) is 0 Å². The molecule has 0 aromatic rings. The molecule has 0 spiro atoms. The quantitative estimate of drug-likeness (QED) is 0.379. The number of carbonyl (C=O) groups is 2. The smallest absolute Gasteiger partial charge is 0.245 e. The molecule has 0 bridgehead atoms. The van der Waals surface area contributed by atoms with Crippen LogP contribution in [0.1, 0.15) is 90.9 Å². The first-order chi connectivity index (χ1) is 11.1. The lowest BCUT2D eigenvalue weighted by Crippen LogP contribution is -2.07. The molecule has 1 saturated carbocycles. The molecular weight excluding hydrogens is 288 g/mol. The topological polar surface area (TPSA) is 58.9 Å². The minimum atomic E-state index is -0.218. The fourth-order valence-corrected chi connectivity index (χ4v) is 2.58. The molecule has 0 aromatic carbocycles. The van der Waals surface area contributed by atoms with Crippen LogP contribution >= 0.6 is 0 Å². The Labute approximate surface area is 140 Å². The van der Waals surface area contributed by atoms with Gasteiger partial charge in [-0.1, -0.05) is 58.3 Å². The summed E-state index contributed by atoms with van der Waals surface area (Å²) >= 11 is 0. The highest BCUT2D eigenvalue weighted by atomic mass is 16.1. The molecule has 1 rings (SSSR count). The number of unbranched alkanes of at least 4 members (excludes halogenated alkanes) is 8. The Morgan fingerprint density at radius 2 is 1.52 bits per heavy atom. The third-order valence-corrected chi connectivity index (χ3v) is 4.12. The van der Waals surface area contributed by atoms with E-state index in [-0.39, 0.29) is 11.8 Å². The predicted molar refractivity (Wildman–Crippen MR) is 96.2 cm³/mol. The van der Waals surface area contributed by atoms with Gasteiger partial charge < -0.3 is 0 Å². The van der Waals surface area contributed by atoms with Crippen molar-refractivity contribution in [3.63, 3.8) is 0 Å². The van der Waals surface area contributed by atoms with E-state index < -0.39 is 0 Å². The summed E-state index contributed by atoms with van der Waals surface area (Å²) in [5, 5.41) is 0. The van der Waals surface area contributed by atoms with Crippen LogP contribution in [0.3, 0.4) is 0 Å². The van der Waals surface area contributed by atoms with Crippen LogP contribution in [-0.4, -0.2) is 23.7 Å². The highest BCUT2D eigenvalue weighted by Crippen LogP contribution is 2.30. The second-order valence-corrected chi connectivity index (χ2v) is 6.56. The van der Waals surface area contributed by atoms with Crippen LogP contribution in [0, 0.1) is 5.92 Å². The minimum Gasteiger partial charge on any atom is -0.273 e. The van der Waals surface area contributed by atoms with E-state index in [1.807, 2.05) is 0 Å². The van der Waals surface area contributed by atoms with Crippen LogP contribution in [0.25, 0.3) is 0 Å². The van der Waals surface area contributed by atoms with Crippen LogP contribution in [0.2, 0.25) is 0 Å². The van der Waals surface area contributed by atoms with E-state index in [1.54, 1.807) is 0 Å². The van der Waals surface area contributed by atoms with Crippen LogP contribution in [0.4, 0.5) is 0 Å². The third-order valence-electron chi connectivity index (χ3n) is 4.12. The Kier molecular flexibility index (Phi) is 10.4. The Morgan fingerprint density at radius 1 is 0.957 bits per heavy atom. The summed E-state index contributed by atoms with van der Waals surface area (Å²) in [6.45, 7) is 3.67. The number of amides is 2. The van der Waals surface area contributed by atoms with Crippen molar-refractivity contribution in [3.8, 4) is 0 Å². The number of rotatable bonds is 12. The molecule has 0 radical (unpaired) electrons. The Morgan fingerprint density at radius 3 is 2.04 bits per heavy atom. The summed E-state index contributed by atoms with van der Waals surface area (Å²) in [6, 6.07) is 0. The lowest BCUT2D eigenvalue weighted by molar-refractivity contribution is -0.118. The number of carbonyl (C=O) groups excluding carboxylic acids is 2. The summed E-state index contributed by atoms with van der Waals surface area (Å²) in [4.78, 5) is 30.7. The molecule has 0 saturated heterocycles. The molecule has 2 amide bonds. The average Bonchev–Trinajstić information content (AvgIpc) is 3.34. The molecule has 1 aliphatic carbocycles. The van der Waals surface area contributed by atoms with Gasteiger partial charge >= 0.3 is 0 Å². The predicted octanol–water partition coefficient (Wildman–Crippen LogP) is 4.90. The van der Waals surface area contributed by atoms with Gasteiger partial charge in [0.1, 0.15) is 0 Å². The van der Waals surface area contributed by atoms with Gasteiger partial charge in [0.25, 0.3) is 0 Å². The van der Waals surface area contributed by atoms with Crippen molar-refractivity contribution < 1.29 is 9.59 Å². The standard InChI is InChI=1S/C19H32N2O2/c1-3-4-5-6-7-8-9-10-11-12-19(23)20-15-18(17-13-14-17)21-16(2)22/h15,17H,3-14H2,1-2H3. The van der Waals surface area contributed by atoms with Crippen LogP contribution in [-0.2, 0) is 9.59 Å². The lowest BCUT2D eigenvalue weighted by atomic mass is 10.1. The molecule has 4 heteroatoms. The van der Waals surface area contributed by atoms with Crippen molar-refractivity contribution in [2.75, 3.05) is 0 Å². The van der Waals surface area contributed by atoms with Gasteiger partial charge in [0.05, 0.1) is 11.9 Å². The highest BCUT2D eigenvalue weighted by Gasteiger charge is 2.26. The fraction of sp³-hybridized carbons (Fsp3) is 0.789. The van der Waals surface area contributed by atoms with Crippen molar-refractivity contribution in [2.45, 2.75) is 90.9 Å². The Bertz CT molecular complexity index is 423. The number of hydrogen-bond acceptors (Lipinski definition) is 2. The van der Waals surface area contributed by atoms with Gasteiger partial charge in [-0.2, -0.15) is 0 Å². The first-order valence-corrected chi connectivity index (χ1v) is 9.29. The molecule has 130 valence electrons. The van der Waals surface area contributed by atoms with Crippen molar-refractivity contribution in [2.24, 2.45) is 15.9 Å². The zero-order valence-electron chi connectivity index (χ0n) is 14.9. The summed E-state index contributed by atoms with van der Waals surface area (Å²) in [5.74, 6) is 0.0257. The maximum absolute atomic E-state index is 11.7. The SMILES string of the molecule is CCCCCCCCCCCC(=O)N=CC(=NC(C)=O)C1CC1. The van der Waals surface area contributed by atoms with Crippen molar-refractivity contribution >= 4 is 23.7 Å². The number of aliphatic imine (C=N–C) groups is 2. The average molecular weight is 320 g/mol. The van der Waals surface area contributed by atoms with Gasteiger partial charge in [-0.05, 0) is 19.3 Å². The van der Waals surface area contributed by atoms with Crippen LogP contribution in [0.5, 0.6) is 0 Å². The lowest BCUT2D eigenvalue weighted by Gasteiger charge is -2.01. The van der Waals surface area contributed by atoms with Gasteiger partial charge in [0.15, 0.2) is 0 Å². The zero-order chi connectivity index (χ0) is 16.9. The number of hydrogen-bond donors (Lipinski definition) is 0. The largest absolute Gasteiger partial charge is 0.273 e. The molecule has 23 heavy (non-hydrogen) atoms. The maximum atomic E-state index is 11.7. The van der Waals surface area contributed by atoms with E-state index in [0.29, 0.717) is 18.1 Å². The third kappa shape index (κ3) is 10.9. The van der Waals surface area contributed by atoms with Gasteiger partial charge in [-0.15, -0.1) is 0 Å². The summed E-state index contributed by atoms with van der Waals surface area (Å²) < 4.78 is 0. The molecular formula is C19H32N2O2. The molecule has 0 N–H and O–H groups in total. The van der Waals surface area contributed by atoms with Gasteiger partial charge in [-0.3, -0.25) is 9.59 Å². The molecule has 4 nitrogen and oxygen atoms in total.